The molecule has 18 heavy (non-hydrogen) atoms. The van der Waals surface area contributed by atoms with Crippen LogP contribution in [0.25, 0.3) is 0 Å². The number of aliphatic imine (C=N–C) groups is 1. The van der Waals surface area contributed by atoms with Gasteiger partial charge in [0.2, 0.25) is 0 Å². The molecule has 0 spiro atoms. The molecule has 0 unspecified atom stereocenters. The number of amides is 1. The molecule has 1 aromatic carbocycles. The molecule has 0 aliphatic carbocycles. The van der Waals surface area contributed by atoms with E-state index in [-0.39, 0.29) is 11.6 Å². The van der Waals surface area contributed by atoms with Crippen molar-refractivity contribution in [1.29, 1.82) is 0 Å². The Kier molecular flexibility index (Phi) is 4.34. The van der Waals surface area contributed by atoms with E-state index in [4.69, 9.17) is 0 Å². The fourth-order valence-corrected chi connectivity index (χ4v) is 1.68. The number of halogens is 1. The van der Waals surface area contributed by atoms with Gasteiger partial charge >= 0.3 is 0 Å². The van der Waals surface area contributed by atoms with Crippen LogP contribution >= 0.6 is 15.9 Å². The first-order valence-corrected chi connectivity index (χ1v) is 6.04. The van der Waals surface area contributed by atoms with Crippen molar-refractivity contribution in [3.05, 3.63) is 38.3 Å². The van der Waals surface area contributed by atoms with Crippen LogP contribution in [-0.4, -0.2) is 17.0 Å². The normalized spacial score (nSPS) is 11.8. The molecule has 0 saturated heterocycles. The number of carbonyl (C=O) groups excluding carboxylic acids is 1. The molecule has 96 valence electrons. The van der Waals surface area contributed by atoms with Crippen molar-refractivity contribution in [2.45, 2.75) is 20.8 Å². The summed E-state index contributed by atoms with van der Waals surface area (Å²) in [6.45, 7) is 5.21. The number of nitro benzene ring substituents is 1. The van der Waals surface area contributed by atoms with Crippen LogP contribution in [0, 0.1) is 15.5 Å². The van der Waals surface area contributed by atoms with Gasteiger partial charge in [0.15, 0.2) is 0 Å². The summed E-state index contributed by atoms with van der Waals surface area (Å²) >= 11 is 3.11. The van der Waals surface area contributed by atoms with Crippen LogP contribution in [0.1, 0.15) is 26.3 Å². The predicted molar refractivity (Wildman–Crippen MR) is 72.9 cm³/mol. The molecule has 0 N–H and O–H groups in total. The molecule has 0 atom stereocenters. The second-order valence-electron chi connectivity index (χ2n) is 4.75. The number of nitrogens with zero attached hydrogens (tertiary/aromatic N) is 2. The fourth-order valence-electron chi connectivity index (χ4n) is 1.15. The van der Waals surface area contributed by atoms with Gasteiger partial charge in [-0.15, -0.1) is 0 Å². The maximum atomic E-state index is 11.6. The molecule has 0 aromatic heterocycles. The number of hydrogen-bond donors (Lipinski definition) is 0. The van der Waals surface area contributed by atoms with E-state index in [0.717, 1.165) is 0 Å². The molecule has 1 amide bonds. The third kappa shape index (κ3) is 3.46. The molecule has 0 radical (unpaired) electrons. The van der Waals surface area contributed by atoms with Crippen molar-refractivity contribution in [3.63, 3.8) is 0 Å². The second-order valence-corrected chi connectivity index (χ2v) is 5.60. The summed E-state index contributed by atoms with van der Waals surface area (Å²) < 4.78 is 0.361. The van der Waals surface area contributed by atoms with Crippen LogP contribution in [0.3, 0.4) is 0 Å². The average Bonchev–Trinajstić information content (AvgIpc) is 2.23. The average molecular weight is 313 g/mol. The first-order chi connectivity index (χ1) is 8.23. The van der Waals surface area contributed by atoms with Gasteiger partial charge in [0, 0.05) is 11.6 Å². The zero-order valence-corrected chi connectivity index (χ0v) is 11.9. The lowest BCUT2D eigenvalue weighted by molar-refractivity contribution is -0.385. The van der Waals surface area contributed by atoms with Crippen LogP contribution in [-0.2, 0) is 4.79 Å². The zero-order chi connectivity index (χ0) is 13.9. The minimum absolute atomic E-state index is 0.0945. The van der Waals surface area contributed by atoms with E-state index in [1.807, 2.05) is 0 Å². The van der Waals surface area contributed by atoms with Crippen LogP contribution in [0.4, 0.5) is 5.69 Å². The van der Waals surface area contributed by atoms with E-state index >= 15 is 0 Å². The quantitative estimate of drug-likeness (QED) is 0.477. The van der Waals surface area contributed by atoms with E-state index < -0.39 is 10.3 Å². The van der Waals surface area contributed by atoms with E-state index in [9.17, 15) is 14.9 Å². The SMILES string of the molecule is CC(C)(C)C(=O)/N=C/c1cccc(Br)c1[N+](=O)[O-]. The van der Waals surface area contributed by atoms with Crippen molar-refractivity contribution >= 4 is 33.7 Å². The van der Waals surface area contributed by atoms with Crippen LogP contribution in [0.2, 0.25) is 0 Å². The summed E-state index contributed by atoms with van der Waals surface area (Å²) in [6.07, 6.45) is 1.23. The minimum atomic E-state index is -0.600. The van der Waals surface area contributed by atoms with Gasteiger partial charge in [0.1, 0.15) is 0 Å². The lowest BCUT2D eigenvalue weighted by atomic mass is 9.96. The van der Waals surface area contributed by atoms with Gasteiger partial charge in [-0.1, -0.05) is 26.8 Å². The van der Waals surface area contributed by atoms with Crippen LogP contribution in [0.15, 0.2) is 27.7 Å². The van der Waals surface area contributed by atoms with E-state index in [0.29, 0.717) is 10.0 Å². The Hall–Kier alpha value is -1.56. The second kappa shape index (κ2) is 5.39. The van der Waals surface area contributed by atoms with Crippen molar-refractivity contribution < 1.29 is 9.72 Å². The predicted octanol–water partition coefficient (Wildman–Crippen LogP) is 3.35. The largest absolute Gasteiger partial charge is 0.292 e. The van der Waals surface area contributed by atoms with Gasteiger partial charge in [-0.05, 0) is 28.1 Å². The Labute approximate surface area is 113 Å². The monoisotopic (exact) mass is 312 g/mol. The lowest BCUT2D eigenvalue weighted by Gasteiger charge is -2.11. The standard InChI is InChI=1S/C12H13BrN2O3/c1-12(2,3)11(16)14-7-8-5-4-6-9(13)10(8)15(17)18/h4-7H,1-3H3/b14-7+. The molecule has 5 nitrogen and oxygen atoms in total. The zero-order valence-electron chi connectivity index (χ0n) is 10.3. The molecule has 0 aliphatic rings. The fraction of sp³-hybridized carbons (Fsp3) is 0.333. The topological polar surface area (TPSA) is 72.6 Å². The highest BCUT2D eigenvalue weighted by Crippen LogP contribution is 2.27. The van der Waals surface area contributed by atoms with Gasteiger partial charge in [0.25, 0.3) is 11.6 Å². The minimum Gasteiger partial charge on any atom is -0.272 e. The van der Waals surface area contributed by atoms with Crippen molar-refractivity contribution in [2.75, 3.05) is 0 Å². The highest BCUT2D eigenvalue weighted by molar-refractivity contribution is 9.10. The van der Waals surface area contributed by atoms with E-state index in [1.54, 1.807) is 39.0 Å². The summed E-state index contributed by atoms with van der Waals surface area (Å²) in [7, 11) is 0. The summed E-state index contributed by atoms with van der Waals surface area (Å²) in [6, 6.07) is 4.77. The molecule has 0 aliphatic heterocycles. The summed E-state index contributed by atoms with van der Waals surface area (Å²) in [5, 5.41) is 10.9. The van der Waals surface area contributed by atoms with Gasteiger partial charge in [-0.3, -0.25) is 14.9 Å². The number of hydrogen-bond acceptors (Lipinski definition) is 3. The molecule has 0 heterocycles. The first kappa shape index (κ1) is 14.5. The first-order valence-electron chi connectivity index (χ1n) is 5.25. The Morgan fingerprint density at radius 2 is 2.06 bits per heavy atom. The lowest BCUT2D eigenvalue weighted by Crippen LogP contribution is -2.17. The Balaban J connectivity index is 3.13. The smallest absolute Gasteiger partial charge is 0.272 e. The number of nitro groups is 1. The van der Waals surface area contributed by atoms with Crippen molar-refractivity contribution in [2.24, 2.45) is 10.4 Å². The number of para-hydroxylation sites is 1. The maximum Gasteiger partial charge on any atom is 0.292 e. The van der Waals surface area contributed by atoms with Crippen LogP contribution < -0.4 is 0 Å². The third-order valence-electron chi connectivity index (χ3n) is 2.16. The highest BCUT2D eigenvalue weighted by Gasteiger charge is 2.21. The summed E-state index contributed by atoms with van der Waals surface area (Å²) in [5.41, 5.74) is -0.396. The third-order valence-corrected chi connectivity index (χ3v) is 2.80. The number of carbonyl (C=O) groups is 1. The Morgan fingerprint density at radius 1 is 1.44 bits per heavy atom. The molecule has 1 rings (SSSR count). The molecule has 0 saturated carbocycles. The summed E-state index contributed by atoms with van der Waals surface area (Å²) in [5.74, 6) is -0.322. The van der Waals surface area contributed by atoms with Crippen molar-refractivity contribution in [3.8, 4) is 0 Å². The molecule has 1 aromatic rings. The van der Waals surface area contributed by atoms with Crippen molar-refractivity contribution in [1.82, 2.24) is 0 Å². The van der Waals surface area contributed by atoms with Gasteiger partial charge in [-0.2, -0.15) is 0 Å². The van der Waals surface area contributed by atoms with Gasteiger partial charge in [-0.25, -0.2) is 4.99 Å². The molecular weight excluding hydrogens is 300 g/mol. The Bertz CT molecular complexity index is 519. The van der Waals surface area contributed by atoms with Gasteiger partial charge in [0.05, 0.1) is 15.0 Å². The molecule has 0 fully saturated rings. The van der Waals surface area contributed by atoms with E-state index in [2.05, 4.69) is 20.9 Å². The maximum absolute atomic E-state index is 11.6. The number of benzene rings is 1. The molecule has 0 bridgehead atoms. The molecule has 6 heteroatoms. The van der Waals surface area contributed by atoms with Crippen LogP contribution in [0.5, 0.6) is 0 Å². The van der Waals surface area contributed by atoms with Gasteiger partial charge < -0.3 is 0 Å². The molecular formula is C12H13BrN2O3. The highest BCUT2D eigenvalue weighted by atomic mass is 79.9. The Morgan fingerprint density at radius 3 is 2.56 bits per heavy atom. The summed E-state index contributed by atoms with van der Waals surface area (Å²) in [4.78, 5) is 25.8. The van der Waals surface area contributed by atoms with E-state index in [1.165, 1.54) is 6.21 Å². The number of rotatable bonds is 2.